The van der Waals surface area contributed by atoms with E-state index in [1.54, 1.807) is 0 Å². The van der Waals surface area contributed by atoms with Crippen molar-refractivity contribution in [3.8, 4) is 0 Å². The Balaban J connectivity index is 4.32. The Morgan fingerprint density at radius 2 is 0.500 bits per heavy atom. The SMILES string of the molecule is CCCCCCCCCCCCCC(CCCCCCCCCCCCCCCCCCC(=O)O)=C(CCCCCCCCCCCCC)C(=O)O. The monoisotopic (exact) mass is 733 g/mol. The van der Waals surface area contributed by atoms with E-state index >= 15 is 0 Å². The fourth-order valence-corrected chi connectivity index (χ4v) is 7.92. The highest BCUT2D eigenvalue weighted by molar-refractivity contribution is 5.87. The molecule has 0 spiro atoms. The van der Waals surface area contributed by atoms with Crippen molar-refractivity contribution in [2.75, 3.05) is 0 Å². The van der Waals surface area contributed by atoms with Crippen molar-refractivity contribution in [2.45, 2.75) is 284 Å². The minimum absolute atomic E-state index is 0.324. The molecule has 0 atom stereocenters. The summed E-state index contributed by atoms with van der Waals surface area (Å²) in [6, 6.07) is 0. The topological polar surface area (TPSA) is 74.6 Å². The molecule has 0 amide bonds. The van der Waals surface area contributed by atoms with E-state index in [2.05, 4.69) is 13.8 Å². The molecule has 0 aliphatic carbocycles. The summed E-state index contributed by atoms with van der Waals surface area (Å²) in [5.41, 5.74) is 2.06. The zero-order valence-corrected chi connectivity index (χ0v) is 35.4. The zero-order valence-electron chi connectivity index (χ0n) is 35.4. The molecule has 0 aliphatic heterocycles. The molecule has 0 bridgehead atoms. The van der Waals surface area contributed by atoms with E-state index in [0.717, 1.165) is 56.9 Å². The summed E-state index contributed by atoms with van der Waals surface area (Å²) < 4.78 is 0. The van der Waals surface area contributed by atoms with E-state index in [4.69, 9.17) is 5.11 Å². The van der Waals surface area contributed by atoms with Crippen molar-refractivity contribution in [1.82, 2.24) is 0 Å². The number of rotatable bonds is 44. The first-order valence-corrected chi connectivity index (χ1v) is 23.7. The summed E-state index contributed by atoms with van der Waals surface area (Å²) in [5, 5.41) is 19.0. The summed E-state index contributed by atoms with van der Waals surface area (Å²) in [7, 11) is 0. The highest BCUT2D eigenvalue weighted by atomic mass is 16.4. The van der Waals surface area contributed by atoms with Crippen molar-refractivity contribution >= 4 is 11.9 Å². The van der Waals surface area contributed by atoms with Gasteiger partial charge in [-0.2, -0.15) is 0 Å². The average Bonchev–Trinajstić information content (AvgIpc) is 3.13. The van der Waals surface area contributed by atoms with Gasteiger partial charge >= 0.3 is 11.9 Å². The normalized spacial score (nSPS) is 12.0. The van der Waals surface area contributed by atoms with Crippen LogP contribution < -0.4 is 0 Å². The molecule has 0 rings (SSSR count). The molecule has 0 saturated heterocycles. The van der Waals surface area contributed by atoms with E-state index in [-0.39, 0.29) is 0 Å². The molecule has 0 heterocycles. The molecule has 0 aromatic carbocycles. The van der Waals surface area contributed by atoms with Gasteiger partial charge in [-0.15, -0.1) is 0 Å². The fraction of sp³-hybridized carbons (Fsp3) is 0.917. The highest BCUT2D eigenvalue weighted by Gasteiger charge is 2.14. The molecule has 308 valence electrons. The van der Waals surface area contributed by atoms with Gasteiger partial charge in [-0.25, -0.2) is 4.79 Å². The lowest BCUT2D eigenvalue weighted by Crippen LogP contribution is -2.06. The molecule has 0 saturated carbocycles. The largest absolute Gasteiger partial charge is 0.481 e. The van der Waals surface area contributed by atoms with Crippen LogP contribution in [0.1, 0.15) is 284 Å². The first-order valence-electron chi connectivity index (χ1n) is 23.7. The van der Waals surface area contributed by atoms with Gasteiger partial charge in [0.2, 0.25) is 0 Å². The summed E-state index contributed by atoms with van der Waals surface area (Å²) in [6.07, 6.45) is 52.3. The van der Waals surface area contributed by atoms with E-state index in [0.29, 0.717) is 6.42 Å². The first-order chi connectivity index (χ1) is 25.5. The predicted octanol–water partition coefficient (Wildman–Crippen LogP) is 16.9. The lowest BCUT2D eigenvalue weighted by Gasteiger charge is -2.14. The van der Waals surface area contributed by atoms with Crippen molar-refractivity contribution in [1.29, 1.82) is 0 Å². The number of carboxylic acid groups (broad SMARTS) is 2. The zero-order chi connectivity index (χ0) is 38.0. The maximum Gasteiger partial charge on any atom is 0.331 e. The number of unbranched alkanes of at least 4 members (excludes halogenated alkanes) is 35. The minimum atomic E-state index is -0.664. The van der Waals surface area contributed by atoms with Crippen LogP contribution in [-0.2, 0) is 9.59 Å². The number of hydrogen-bond acceptors (Lipinski definition) is 2. The van der Waals surface area contributed by atoms with Gasteiger partial charge in [0.1, 0.15) is 0 Å². The van der Waals surface area contributed by atoms with Crippen molar-refractivity contribution < 1.29 is 19.8 Å². The smallest absolute Gasteiger partial charge is 0.331 e. The average molecular weight is 733 g/mol. The van der Waals surface area contributed by atoms with Crippen LogP contribution in [-0.4, -0.2) is 22.2 Å². The molecule has 0 unspecified atom stereocenters. The van der Waals surface area contributed by atoms with Crippen LogP contribution in [0.3, 0.4) is 0 Å². The molecule has 4 heteroatoms. The molecule has 0 fully saturated rings. The number of allylic oxidation sites excluding steroid dienone is 1. The third kappa shape index (κ3) is 38.4. The van der Waals surface area contributed by atoms with Gasteiger partial charge < -0.3 is 10.2 Å². The summed E-state index contributed by atoms with van der Waals surface area (Å²) in [6.45, 7) is 4.56. The molecular weight excluding hydrogens is 641 g/mol. The lowest BCUT2D eigenvalue weighted by atomic mass is 9.92. The number of carboxylic acids is 2. The Kier molecular flexibility index (Phi) is 41.3. The standard InChI is InChI=1S/C48H92O4/c1-3-5-7-9-11-13-21-25-29-33-37-41-45(46(48(51)52)43-39-35-31-27-22-14-12-10-8-6-4-2)42-38-34-30-26-23-19-17-15-16-18-20-24-28-32-36-40-44-47(49)50/h3-44H2,1-2H3,(H,49,50)(H,51,52). The Hall–Kier alpha value is -1.32. The second-order valence-corrected chi connectivity index (χ2v) is 16.5. The van der Waals surface area contributed by atoms with Gasteiger partial charge in [0.15, 0.2) is 0 Å². The number of hydrogen-bond donors (Lipinski definition) is 2. The van der Waals surface area contributed by atoms with Gasteiger partial charge in [-0.05, 0) is 44.9 Å². The predicted molar refractivity (Wildman–Crippen MR) is 228 cm³/mol. The van der Waals surface area contributed by atoms with E-state index in [1.807, 2.05) is 0 Å². The Morgan fingerprint density at radius 3 is 0.731 bits per heavy atom. The molecule has 0 aromatic rings. The second-order valence-electron chi connectivity index (χ2n) is 16.5. The van der Waals surface area contributed by atoms with Crippen LogP contribution in [0.4, 0.5) is 0 Å². The number of aliphatic carboxylic acids is 2. The van der Waals surface area contributed by atoms with Crippen LogP contribution in [0.15, 0.2) is 11.1 Å². The fourth-order valence-electron chi connectivity index (χ4n) is 7.92. The molecule has 0 aromatic heterocycles. The highest BCUT2D eigenvalue weighted by Crippen LogP contribution is 2.26. The lowest BCUT2D eigenvalue weighted by molar-refractivity contribution is -0.137. The van der Waals surface area contributed by atoms with E-state index < -0.39 is 11.9 Å². The Labute approximate surface area is 325 Å². The summed E-state index contributed by atoms with van der Waals surface area (Å²) in [4.78, 5) is 23.1. The van der Waals surface area contributed by atoms with E-state index in [9.17, 15) is 14.7 Å². The van der Waals surface area contributed by atoms with Crippen LogP contribution in [0.2, 0.25) is 0 Å². The van der Waals surface area contributed by atoms with E-state index in [1.165, 1.54) is 217 Å². The third-order valence-corrected chi connectivity index (χ3v) is 11.4. The Morgan fingerprint density at radius 1 is 0.288 bits per heavy atom. The van der Waals surface area contributed by atoms with Gasteiger partial charge in [0, 0.05) is 12.0 Å². The van der Waals surface area contributed by atoms with Gasteiger partial charge in [0.25, 0.3) is 0 Å². The second kappa shape index (κ2) is 42.4. The van der Waals surface area contributed by atoms with Gasteiger partial charge in [0.05, 0.1) is 0 Å². The quantitative estimate of drug-likeness (QED) is 0.0483. The van der Waals surface area contributed by atoms with Crippen LogP contribution in [0.25, 0.3) is 0 Å². The van der Waals surface area contributed by atoms with Crippen LogP contribution in [0, 0.1) is 0 Å². The maximum absolute atomic E-state index is 12.5. The molecule has 2 N–H and O–H groups in total. The molecular formula is C48H92O4. The maximum atomic E-state index is 12.5. The summed E-state index contributed by atoms with van der Waals surface area (Å²) in [5.74, 6) is -1.30. The molecule has 52 heavy (non-hydrogen) atoms. The van der Waals surface area contributed by atoms with Crippen LogP contribution >= 0.6 is 0 Å². The molecule has 0 radical (unpaired) electrons. The first kappa shape index (κ1) is 50.7. The molecule has 4 nitrogen and oxygen atoms in total. The van der Waals surface area contributed by atoms with Crippen LogP contribution in [0.5, 0.6) is 0 Å². The van der Waals surface area contributed by atoms with Gasteiger partial charge in [-0.3, -0.25) is 4.79 Å². The minimum Gasteiger partial charge on any atom is -0.481 e. The van der Waals surface area contributed by atoms with Crippen molar-refractivity contribution in [2.24, 2.45) is 0 Å². The van der Waals surface area contributed by atoms with Gasteiger partial charge in [-0.1, -0.05) is 238 Å². The number of carbonyl (C=O) groups is 2. The molecule has 0 aliphatic rings. The Bertz CT molecular complexity index is 787. The van der Waals surface area contributed by atoms with Crippen molar-refractivity contribution in [3.63, 3.8) is 0 Å². The summed E-state index contributed by atoms with van der Waals surface area (Å²) >= 11 is 0. The third-order valence-electron chi connectivity index (χ3n) is 11.4. The van der Waals surface area contributed by atoms with Crippen molar-refractivity contribution in [3.05, 3.63) is 11.1 Å².